The summed E-state index contributed by atoms with van der Waals surface area (Å²) in [4.78, 5) is 13.6. The van der Waals surface area contributed by atoms with Crippen LogP contribution in [0.3, 0.4) is 0 Å². The van der Waals surface area contributed by atoms with Crippen molar-refractivity contribution in [2.75, 3.05) is 11.0 Å². The number of hydrogen-bond acceptors (Lipinski definition) is 6. The zero-order valence-electron chi connectivity index (χ0n) is 14.2. The second-order valence-electron chi connectivity index (χ2n) is 5.88. The van der Waals surface area contributed by atoms with Crippen LogP contribution in [0, 0.1) is 6.92 Å². The van der Waals surface area contributed by atoms with Crippen molar-refractivity contribution in [3.63, 3.8) is 0 Å². The Morgan fingerprint density at radius 2 is 1.73 bits per heavy atom. The largest absolute Gasteiger partial charge is 0.292 e. The molecule has 0 atom stereocenters. The van der Waals surface area contributed by atoms with Gasteiger partial charge in [0.15, 0.2) is 5.78 Å². The van der Waals surface area contributed by atoms with E-state index in [0.717, 1.165) is 17.4 Å². The number of sulfonamides is 1. The monoisotopic (exact) mass is 371 g/mol. The van der Waals surface area contributed by atoms with Crippen molar-refractivity contribution >= 4 is 21.5 Å². The first-order valence-corrected chi connectivity index (χ1v) is 9.65. The summed E-state index contributed by atoms with van der Waals surface area (Å²) in [6, 6.07) is 13.8. The van der Waals surface area contributed by atoms with E-state index in [1.165, 1.54) is 16.9 Å². The maximum atomic E-state index is 12.3. The van der Waals surface area contributed by atoms with Crippen LogP contribution < -0.4 is 4.72 Å². The number of tetrazole rings is 1. The number of aryl methyl sites for hydroxylation is 1. The minimum Gasteiger partial charge on any atom is -0.292 e. The lowest BCUT2D eigenvalue weighted by molar-refractivity contribution is 0.0961. The highest BCUT2D eigenvalue weighted by Gasteiger charge is 2.12. The van der Waals surface area contributed by atoms with Gasteiger partial charge >= 0.3 is 0 Å². The highest BCUT2D eigenvalue weighted by Crippen LogP contribution is 2.15. The third kappa shape index (κ3) is 4.51. The molecule has 9 heteroatoms. The number of aromatic nitrogens is 4. The van der Waals surface area contributed by atoms with Crippen molar-refractivity contribution in [3.05, 3.63) is 59.7 Å². The first kappa shape index (κ1) is 17.7. The van der Waals surface area contributed by atoms with Crippen LogP contribution in [0.2, 0.25) is 0 Å². The lowest BCUT2D eigenvalue weighted by atomic mass is 10.1. The molecule has 3 aromatic rings. The van der Waals surface area contributed by atoms with Crippen LogP contribution in [-0.4, -0.2) is 40.7 Å². The van der Waals surface area contributed by atoms with Crippen LogP contribution in [0.1, 0.15) is 15.9 Å². The first-order valence-electron chi connectivity index (χ1n) is 7.76. The fourth-order valence-corrected chi connectivity index (χ4v) is 2.85. The van der Waals surface area contributed by atoms with E-state index < -0.39 is 10.0 Å². The molecule has 1 N–H and O–H groups in total. The fourth-order valence-electron chi connectivity index (χ4n) is 2.29. The van der Waals surface area contributed by atoms with Gasteiger partial charge in [-0.25, -0.2) is 8.42 Å². The average Bonchev–Trinajstić information content (AvgIpc) is 3.03. The van der Waals surface area contributed by atoms with Gasteiger partial charge in [-0.1, -0.05) is 29.8 Å². The molecule has 1 aromatic heterocycles. The highest BCUT2D eigenvalue weighted by molar-refractivity contribution is 7.92. The van der Waals surface area contributed by atoms with E-state index in [0.29, 0.717) is 17.1 Å². The Hall–Kier alpha value is -3.07. The topological polar surface area (TPSA) is 107 Å². The first-order chi connectivity index (χ1) is 12.3. The van der Waals surface area contributed by atoms with Gasteiger partial charge in [0, 0.05) is 16.8 Å². The molecule has 0 unspecified atom stereocenters. The van der Waals surface area contributed by atoms with Crippen LogP contribution in [-0.2, 0) is 16.6 Å². The zero-order chi connectivity index (χ0) is 18.7. The molecule has 26 heavy (non-hydrogen) atoms. The Balaban J connectivity index is 1.69. The van der Waals surface area contributed by atoms with E-state index in [1.54, 1.807) is 12.1 Å². The molecular weight excluding hydrogens is 354 g/mol. The van der Waals surface area contributed by atoms with Gasteiger partial charge in [0.1, 0.15) is 6.54 Å². The van der Waals surface area contributed by atoms with Gasteiger partial charge in [-0.2, -0.15) is 4.80 Å². The highest BCUT2D eigenvalue weighted by atomic mass is 32.2. The van der Waals surface area contributed by atoms with Gasteiger partial charge in [-0.05, 0) is 36.4 Å². The molecule has 0 amide bonds. The Bertz CT molecular complexity index is 1030. The number of Topliss-reactive ketones (excluding diaryl/α,β-unsaturated/α-hetero) is 1. The van der Waals surface area contributed by atoms with Gasteiger partial charge in [-0.15, -0.1) is 10.2 Å². The summed E-state index contributed by atoms with van der Waals surface area (Å²) in [5.41, 5.74) is 2.78. The van der Waals surface area contributed by atoms with Gasteiger partial charge in [0.2, 0.25) is 15.8 Å². The van der Waals surface area contributed by atoms with Gasteiger partial charge in [0.05, 0.1) is 6.26 Å². The Morgan fingerprint density at radius 1 is 1.08 bits per heavy atom. The Labute approximate surface area is 150 Å². The minimum absolute atomic E-state index is 0.0578. The number of carbonyl (C=O) groups is 1. The van der Waals surface area contributed by atoms with E-state index in [2.05, 4.69) is 20.1 Å². The molecule has 0 spiro atoms. The summed E-state index contributed by atoms with van der Waals surface area (Å²) in [5.74, 6) is 0.245. The molecule has 3 rings (SSSR count). The molecule has 0 aliphatic heterocycles. The maximum absolute atomic E-state index is 12.3. The van der Waals surface area contributed by atoms with Crippen LogP contribution in [0.15, 0.2) is 48.5 Å². The molecule has 0 aliphatic carbocycles. The predicted molar refractivity (Wildman–Crippen MR) is 97.2 cm³/mol. The second-order valence-corrected chi connectivity index (χ2v) is 7.63. The summed E-state index contributed by atoms with van der Waals surface area (Å²) in [7, 11) is -3.35. The standard InChI is InChI=1S/C17H17N5O3S/c1-12-3-5-14(6-4-12)17-18-21-22(19-17)11-16(23)13-7-9-15(10-8-13)20-26(2,24)25/h3-10,20H,11H2,1-2H3. The second kappa shape index (κ2) is 7.04. The molecule has 0 saturated carbocycles. The SMILES string of the molecule is Cc1ccc(-c2nnn(CC(=O)c3ccc(NS(C)(=O)=O)cc3)n2)cc1. The number of hydrogen-bond donors (Lipinski definition) is 1. The summed E-state index contributed by atoms with van der Waals surface area (Å²) >= 11 is 0. The molecule has 134 valence electrons. The summed E-state index contributed by atoms with van der Waals surface area (Å²) < 4.78 is 24.7. The van der Waals surface area contributed by atoms with Crippen molar-refractivity contribution in [3.8, 4) is 11.4 Å². The number of ketones is 1. The average molecular weight is 371 g/mol. The molecular formula is C17H17N5O3S. The van der Waals surface area contributed by atoms with Crippen molar-refractivity contribution in [1.29, 1.82) is 0 Å². The van der Waals surface area contributed by atoms with Crippen LogP contribution in [0.5, 0.6) is 0 Å². The van der Waals surface area contributed by atoms with Crippen LogP contribution in [0.25, 0.3) is 11.4 Å². The number of rotatable bonds is 6. The van der Waals surface area contributed by atoms with Crippen LogP contribution >= 0.6 is 0 Å². The van der Waals surface area contributed by atoms with Gasteiger partial charge < -0.3 is 0 Å². The number of benzene rings is 2. The zero-order valence-corrected chi connectivity index (χ0v) is 15.1. The lowest BCUT2D eigenvalue weighted by Gasteiger charge is -2.05. The summed E-state index contributed by atoms with van der Waals surface area (Å²) in [6.45, 7) is 1.93. The van der Waals surface area contributed by atoms with E-state index in [4.69, 9.17) is 0 Å². The molecule has 0 saturated heterocycles. The third-order valence-electron chi connectivity index (χ3n) is 3.56. The molecule has 1 heterocycles. The molecule has 2 aromatic carbocycles. The molecule has 0 bridgehead atoms. The predicted octanol–water partition coefficient (Wildman–Crippen LogP) is 1.90. The number of nitrogens with zero attached hydrogens (tertiary/aromatic N) is 4. The molecule has 8 nitrogen and oxygen atoms in total. The van der Waals surface area contributed by atoms with Crippen molar-refractivity contribution in [2.24, 2.45) is 0 Å². The van der Waals surface area contributed by atoms with Crippen molar-refractivity contribution in [2.45, 2.75) is 13.5 Å². The maximum Gasteiger partial charge on any atom is 0.229 e. The van der Waals surface area contributed by atoms with Crippen molar-refractivity contribution in [1.82, 2.24) is 20.2 Å². The normalized spacial score (nSPS) is 11.3. The van der Waals surface area contributed by atoms with Crippen molar-refractivity contribution < 1.29 is 13.2 Å². The van der Waals surface area contributed by atoms with E-state index >= 15 is 0 Å². The summed E-state index contributed by atoms with van der Waals surface area (Å²) in [6.07, 6.45) is 1.06. The number of carbonyl (C=O) groups excluding carboxylic acids is 1. The molecule has 0 fully saturated rings. The molecule has 0 aliphatic rings. The fraction of sp³-hybridized carbons (Fsp3) is 0.176. The smallest absolute Gasteiger partial charge is 0.229 e. The van der Waals surface area contributed by atoms with E-state index in [1.807, 2.05) is 31.2 Å². The number of nitrogens with one attached hydrogen (secondary N) is 1. The third-order valence-corrected chi connectivity index (χ3v) is 4.16. The Morgan fingerprint density at radius 3 is 2.35 bits per heavy atom. The summed E-state index contributed by atoms with van der Waals surface area (Å²) in [5, 5.41) is 12.1. The molecule has 0 radical (unpaired) electrons. The number of anilines is 1. The van der Waals surface area contributed by atoms with E-state index in [9.17, 15) is 13.2 Å². The minimum atomic E-state index is -3.35. The Kier molecular flexibility index (Phi) is 4.81. The van der Waals surface area contributed by atoms with E-state index in [-0.39, 0.29) is 12.3 Å². The van der Waals surface area contributed by atoms with Gasteiger partial charge in [0.25, 0.3) is 0 Å². The van der Waals surface area contributed by atoms with Gasteiger partial charge in [-0.3, -0.25) is 9.52 Å². The quantitative estimate of drug-likeness (QED) is 0.663. The van der Waals surface area contributed by atoms with Crippen LogP contribution in [0.4, 0.5) is 5.69 Å². The lowest BCUT2D eigenvalue weighted by Crippen LogP contribution is -2.14.